The zero-order valence-corrected chi connectivity index (χ0v) is 16.3. The topological polar surface area (TPSA) is 63.3 Å². The van der Waals surface area contributed by atoms with Gasteiger partial charge in [0, 0.05) is 6.07 Å². The van der Waals surface area contributed by atoms with Crippen LogP contribution >= 0.6 is 0 Å². The van der Waals surface area contributed by atoms with Crippen molar-refractivity contribution in [2.24, 2.45) is 5.92 Å². The smallest absolute Gasteiger partial charge is 0.504 e. The summed E-state index contributed by atoms with van der Waals surface area (Å²) in [6, 6.07) is 4.99. The van der Waals surface area contributed by atoms with Gasteiger partial charge in [0.1, 0.15) is 5.56 Å². The third-order valence-corrected chi connectivity index (χ3v) is 4.64. The van der Waals surface area contributed by atoms with Gasteiger partial charge in [0.05, 0.1) is 12.6 Å². The first-order chi connectivity index (χ1) is 12.0. The molecule has 0 aromatic heterocycles. The van der Waals surface area contributed by atoms with Gasteiger partial charge in [0.2, 0.25) is 6.61 Å². The number of nitrogens with zero attached hydrogens (tertiary/aromatic N) is 1. The molecule has 0 radical (unpaired) electrons. The summed E-state index contributed by atoms with van der Waals surface area (Å²) in [6.07, 6.45) is 1.90. The number of phenolic OH excluding ortho intramolecular Hbond substituents is 1. The van der Waals surface area contributed by atoms with Crippen LogP contribution in [0.25, 0.3) is 0 Å². The molecule has 0 heterocycles. The number of ether oxygens (including phenoxy) is 2. The Kier molecular flexibility index (Phi) is 9.35. The lowest BCUT2D eigenvalue weighted by Gasteiger charge is -2.31. The summed E-state index contributed by atoms with van der Waals surface area (Å²) < 4.78 is 11.2. The lowest BCUT2D eigenvalue weighted by molar-refractivity contribution is 0.0936. The van der Waals surface area contributed by atoms with E-state index in [-0.39, 0.29) is 17.8 Å². The van der Waals surface area contributed by atoms with E-state index in [1.54, 1.807) is 12.1 Å². The summed E-state index contributed by atoms with van der Waals surface area (Å²) in [5.41, 5.74) is 0.506. The zero-order valence-electron chi connectivity index (χ0n) is 16.3. The van der Waals surface area contributed by atoms with E-state index in [9.17, 15) is 9.90 Å². The first-order valence-corrected chi connectivity index (χ1v) is 9.37. The molecule has 0 amide bonds. The second kappa shape index (κ2) is 11.0. The van der Waals surface area contributed by atoms with Crippen molar-refractivity contribution in [1.82, 2.24) is 4.90 Å². The normalized spacial score (nSPS) is 13.5. The van der Waals surface area contributed by atoms with Gasteiger partial charge in [0.15, 0.2) is 11.5 Å². The molecule has 0 saturated heterocycles. The number of hydrogen-bond acceptors (Lipinski definition) is 4. The Morgan fingerprint density at radius 2 is 1.88 bits per heavy atom. The van der Waals surface area contributed by atoms with E-state index in [0.717, 1.165) is 25.9 Å². The van der Waals surface area contributed by atoms with Crippen molar-refractivity contribution in [1.29, 1.82) is 0 Å². The molecule has 0 bridgehead atoms. The Labute approximate surface area is 151 Å². The Bertz CT molecular complexity index is 528. The monoisotopic (exact) mass is 352 g/mol. The molecule has 2 N–H and O–H groups in total. The highest BCUT2D eigenvalue weighted by Gasteiger charge is 2.28. The Balaban J connectivity index is 2.79. The Morgan fingerprint density at radius 1 is 1.20 bits per heavy atom. The van der Waals surface area contributed by atoms with Crippen molar-refractivity contribution in [3.8, 4) is 11.5 Å². The van der Waals surface area contributed by atoms with E-state index in [2.05, 4.69) is 32.6 Å². The molecule has 0 fully saturated rings. The predicted octanol–water partition coefficient (Wildman–Crippen LogP) is 3.80. The molecule has 0 aliphatic rings. The van der Waals surface area contributed by atoms with Gasteiger partial charge in [-0.25, -0.2) is 0 Å². The molecule has 1 aromatic carbocycles. The average molecular weight is 352 g/mol. The third kappa shape index (κ3) is 6.24. The van der Waals surface area contributed by atoms with Crippen LogP contribution in [0, 0.1) is 5.92 Å². The molecule has 2 atom stereocenters. The maximum Gasteiger partial charge on any atom is 0.517 e. The lowest BCUT2D eigenvalue weighted by atomic mass is 9.98. The molecule has 1 unspecified atom stereocenters. The molecule has 1 rings (SSSR count). The van der Waals surface area contributed by atoms with Crippen LogP contribution in [-0.4, -0.2) is 53.1 Å². The molecule has 25 heavy (non-hydrogen) atoms. The number of benzene rings is 1. The summed E-state index contributed by atoms with van der Waals surface area (Å²) in [5.74, 6) is 0.750. The van der Waals surface area contributed by atoms with E-state index in [1.807, 2.05) is 6.92 Å². The Morgan fingerprint density at radius 3 is 2.44 bits per heavy atom. The van der Waals surface area contributed by atoms with Crippen molar-refractivity contribution < 1.29 is 19.4 Å². The summed E-state index contributed by atoms with van der Waals surface area (Å²) >= 11 is 0. The van der Waals surface area contributed by atoms with E-state index < -0.39 is 0 Å². The molecular formula is C20H34NO4+. The van der Waals surface area contributed by atoms with Crippen LogP contribution < -0.4 is 4.74 Å². The van der Waals surface area contributed by atoms with Crippen LogP contribution in [0.5, 0.6) is 11.5 Å². The third-order valence-electron chi connectivity index (χ3n) is 4.64. The summed E-state index contributed by atoms with van der Waals surface area (Å²) in [6.45, 7) is 13.5. The van der Waals surface area contributed by atoms with Crippen molar-refractivity contribution >= 4 is 5.97 Å². The minimum absolute atomic E-state index is 0.0608. The van der Waals surface area contributed by atoms with Gasteiger partial charge >= 0.3 is 5.97 Å². The minimum atomic E-state index is -0.137. The highest BCUT2D eigenvalue weighted by atomic mass is 16.5. The zero-order chi connectivity index (χ0) is 18.8. The summed E-state index contributed by atoms with van der Waals surface area (Å²) in [5, 5.41) is 9.84. The number of likely N-dealkylation sites (N-methyl/N-ethyl adjacent to an activating group) is 1. The lowest BCUT2D eigenvalue weighted by Crippen LogP contribution is -2.43. The number of carbonyl (C=O) groups excluding carboxylic acids is 1. The fraction of sp³-hybridized carbons (Fsp3) is 0.650. The number of esters is 1. The van der Waals surface area contributed by atoms with E-state index in [0.29, 0.717) is 30.4 Å². The van der Waals surface area contributed by atoms with Crippen LogP contribution in [0.3, 0.4) is 0 Å². The van der Waals surface area contributed by atoms with Crippen LogP contribution in [-0.2, 0) is 4.74 Å². The van der Waals surface area contributed by atoms with Crippen LogP contribution in [0.15, 0.2) is 18.2 Å². The van der Waals surface area contributed by atoms with Gasteiger partial charge in [-0.05, 0) is 37.6 Å². The SMILES string of the molecule is CCCOc1cc(C(=[OH+])OC[C@H](C(C)CC)N(CC)CC)ccc1O. The fourth-order valence-corrected chi connectivity index (χ4v) is 2.82. The van der Waals surface area contributed by atoms with Gasteiger partial charge in [0.25, 0.3) is 0 Å². The molecule has 5 nitrogen and oxygen atoms in total. The van der Waals surface area contributed by atoms with Gasteiger partial charge < -0.3 is 19.4 Å². The minimum Gasteiger partial charge on any atom is -0.504 e. The van der Waals surface area contributed by atoms with Gasteiger partial charge in [-0.3, -0.25) is 4.90 Å². The van der Waals surface area contributed by atoms with Gasteiger partial charge in [-0.1, -0.05) is 41.0 Å². The molecule has 0 saturated carbocycles. The van der Waals surface area contributed by atoms with Crippen LogP contribution in [0.2, 0.25) is 0 Å². The predicted molar refractivity (Wildman–Crippen MR) is 102 cm³/mol. The largest absolute Gasteiger partial charge is 0.517 e. The molecule has 0 aliphatic heterocycles. The quantitative estimate of drug-likeness (QED) is 0.486. The maximum absolute atomic E-state index is 10.3. The van der Waals surface area contributed by atoms with E-state index >= 15 is 0 Å². The van der Waals surface area contributed by atoms with Crippen molar-refractivity contribution in [3.05, 3.63) is 23.8 Å². The number of phenols is 1. The van der Waals surface area contributed by atoms with Crippen molar-refractivity contribution in [3.63, 3.8) is 0 Å². The second-order valence-electron chi connectivity index (χ2n) is 6.32. The molecule has 1 aromatic rings. The van der Waals surface area contributed by atoms with Crippen LogP contribution in [0.4, 0.5) is 0 Å². The second-order valence-corrected chi connectivity index (χ2v) is 6.32. The van der Waals surface area contributed by atoms with Crippen molar-refractivity contribution in [2.45, 2.75) is 53.5 Å². The van der Waals surface area contributed by atoms with Crippen molar-refractivity contribution in [2.75, 3.05) is 26.3 Å². The molecule has 5 heteroatoms. The Hall–Kier alpha value is -1.75. The molecule has 142 valence electrons. The highest BCUT2D eigenvalue weighted by molar-refractivity contribution is 5.90. The van der Waals surface area contributed by atoms with Gasteiger partial charge in [-0.2, -0.15) is 0 Å². The average Bonchev–Trinajstić information content (AvgIpc) is 2.63. The summed E-state index contributed by atoms with van der Waals surface area (Å²) in [7, 11) is 0. The maximum atomic E-state index is 10.3. The number of aromatic hydroxyl groups is 1. The highest BCUT2D eigenvalue weighted by Crippen LogP contribution is 2.27. The summed E-state index contributed by atoms with van der Waals surface area (Å²) in [4.78, 5) is 12.7. The number of hydrogen-bond donors (Lipinski definition) is 1. The first-order valence-electron chi connectivity index (χ1n) is 9.37. The van der Waals surface area contributed by atoms with E-state index in [1.165, 1.54) is 6.07 Å². The molecule has 0 spiro atoms. The van der Waals surface area contributed by atoms with E-state index in [4.69, 9.17) is 9.47 Å². The number of rotatable bonds is 11. The standard InChI is InChI=1S/C20H33NO4/c1-6-12-24-19-13-16(10-11-18(19)22)20(23)25-14-17(15(5)7-2)21(8-3)9-4/h10-11,13,15,17,22H,6-9,12,14H2,1-5H3/p+1/t15?,17-/m1/s1. The molecular weight excluding hydrogens is 318 g/mol. The van der Waals surface area contributed by atoms with Gasteiger partial charge in [-0.15, -0.1) is 0 Å². The fourth-order valence-electron chi connectivity index (χ4n) is 2.82. The molecule has 0 aliphatic carbocycles. The van der Waals surface area contributed by atoms with Crippen LogP contribution in [0.1, 0.15) is 53.0 Å². The first kappa shape index (κ1) is 21.3.